The van der Waals surface area contributed by atoms with Gasteiger partial charge in [-0.1, -0.05) is 168 Å². The molecule has 0 radical (unpaired) electrons. The Balaban J connectivity index is -0.000000205. The third kappa shape index (κ3) is 75.5. The second kappa shape index (κ2) is 58.3. The molecule has 54 heavy (non-hydrogen) atoms. The van der Waals surface area contributed by atoms with Gasteiger partial charge in [-0.3, -0.25) is 9.59 Å². The molecule has 0 fully saturated rings. The summed E-state index contributed by atoms with van der Waals surface area (Å²) in [7, 11) is 0. The van der Waals surface area contributed by atoms with Gasteiger partial charge < -0.3 is 56.2 Å². The number of carboxylic acid groups (broad SMARTS) is 2. The van der Waals surface area contributed by atoms with Gasteiger partial charge >= 0.3 is 11.9 Å². The first-order valence-corrected chi connectivity index (χ1v) is 21.1. The van der Waals surface area contributed by atoms with Crippen LogP contribution in [0.15, 0.2) is 0 Å². The molecular weight excluding hydrogens is 700 g/mol. The van der Waals surface area contributed by atoms with Crippen molar-refractivity contribution >= 4 is 11.9 Å². The second-order valence-electron chi connectivity index (χ2n) is 13.8. The van der Waals surface area contributed by atoms with Crippen molar-refractivity contribution in [1.82, 2.24) is 0 Å². The fourth-order valence-electron chi connectivity index (χ4n) is 4.76. The summed E-state index contributed by atoms with van der Waals surface area (Å²) >= 11 is 0. The molecule has 0 atom stereocenters. The lowest BCUT2D eigenvalue weighted by Gasteiger charge is -2.02. The van der Waals surface area contributed by atoms with E-state index in [9.17, 15) is 9.59 Å². The molecule has 11 N–H and O–H groups in total. The van der Waals surface area contributed by atoms with Gasteiger partial charge in [0.05, 0.1) is 39.6 Å². The molecular formula is C41H88O13. The minimum Gasteiger partial charge on any atom is -0.481 e. The quantitative estimate of drug-likeness (QED) is 0.0330. The number of aliphatic carboxylic acids is 2. The fourth-order valence-corrected chi connectivity index (χ4v) is 4.76. The minimum absolute atomic E-state index is 0.345. The molecule has 0 aromatic heterocycles. The van der Waals surface area contributed by atoms with Crippen LogP contribution in [-0.2, 0) is 9.59 Å². The van der Waals surface area contributed by atoms with E-state index in [0.29, 0.717) is 12.8 Å². The van der Waals surface area contributed by atoms with Crippen molar-refractivity contribution in [2.75, 3.05) is 39.6 Å². The van der Waals surface area contributed by atoms with E-state index in [1.54, 1.807) is 0 Å². The molecule has 0 aliphatic carbocycles. The smallest absolute Gasteiger partial charge is 0.303 e. The second-order valence-corrected chi connectivity index (χ2v) is 13.8. The molecule has 13 heteroatoms. The molecule has 0 bridgehead atoms. The number of unbranched alkanes of at least 4 members (excludes halogenated alkanes) is 24. The zero-order valence-electron chi connectivity index (χ0n) is 34.5. The van der Waals surface area contributed by atoms with Crippen LogP contribution in [-0.4, -0.2) is 126 Å². The summed E-state index contributed by atoms with van der Waals surface area (Å²) in [6, 6.07) is 0. The zero-order valence-corrected chi connectivity index (χ0v) is 34.5. The van der Waals surface area contributed by atoms with Gasteiger partial charge in [-0.15, -0.1) is 0 Å². The summed E-state index contributed by atoms with van der Waals surface area (Å²) in [5.74, 6) is -1.31. The predicted octanol–water partition coefficient (Wildman–Crippen LogP) is 6.10. The Morgan fingerprint density at radius 2 is 0.463 bits per heavy atom. The Hall–Kier alpha value is -1.42. The maximum Gasteiger partial charge on any atom is 0.303 e. The van der Waals surface area contributed by atoms with Gasteiger partial charge in [-0.25, -0.2) is 0 Å². The first kappa shape index (κ1) is 61.8. The zero-order chi connectivity index (χ0) is 41.9. The van der Waals surface area contributed by atoms with Crippen LogP contribution < -0.4 is 0 Å². The minimum atomic E-state index is -0.954. The van der Waals surface area contributed by atoms with Gasteiger partial charge in [0.25, 0.3) is 0 Å². The Kier molecular flexibility index (Phi) is 66.7. The molecule has 330 valence electrons. The Morgan fingerprint density at radius 3 is 0.574 bits per heavy atom. The third-order valence-corrected chi connectivity index (χ3v) is 8.25. The number of carbonyl (C=O) groups is 2. The summed E-state index contributed by atoms with van der Waals surface area (Å²) in [6.45, 7) is 2.33. The number of rotatable bonds is 34. The first-order chi connectivity index (χ1) is 26.0. The van der Waals surface area contributed by atoms with E-state index in [0.717, 1.165) is 25.7 Å². The molecule has 13 nitrogen and oxygen atoms in total. The van der Waals surface area contributed by atoms with E-state index in [1.165, 1.54) is 141 Å². The normalized spacial score (nSPS) is 10.5. The van der Waals surface area contributed by atoms with E-state index in [-0.39, 0.29) is 39.6 Å². The molecule has 0 saturated heterocycles. The summed E-state index contributed by atoms with van der Waals surface area (Å²) in [6.07, 6.45) is 31.7. The molecule has 0 aliphatic heterocycles. The van der Waals surface area contributed by atoms with Gasteiger partial charge in [0, 0.05) is 12.8 Å². The number of carboxylic acids is 2. The molecule has 0 unspecified atom stereocenters. The van der Waals surface area contributed by atoms with Crippen molar-refractivity contribution in [2.45, 2.75) is 212 Å². The van der Waals surface area contributed by atoms with Gasteiger partial charge in [-0.05, 0) is 12.8 Å². The van der Waals surface area contributed by atoms with E-state index in [1.807, 2.05) is 0 Å². The summed E-state index contributed by atoms with van der Waals surface area (Å²) in [5.41, 5.74) is 0. The molecule has 0 rings (SSSR count). The van der Waals surface area contributed by atoms with Gasteiger partial charge in [0.15, 0.2) is 0 Å². The molecule has 0 heterocycles. The van der Waals surface area contributed by atoms with Crippen molar-refractivity contribution in [1.29, 1.82) is 0 Å². The molecule has 0 aromatic carbocycles. The largest absolute Gasteiger partial charge is 0.481 e. The van der Waals surface area contributed by atoms with Crippen LogP contribution >= 0.6 is 0 Å². The van der Waals surface area contributed by atoms with E-state index < -0.39 is 30.3 Å². The summed E-state index contributed by atoms with van der Waals surface area (Å²) < 4.78 is 0. The highest BCUT2D eigenvalue weighted by Gasteiger charge is 1.99. The lowest BCUT2D eigenvalue weighted by Crippen LogP contribution is -2.15. The van der Waals surface area contributed by atoms with Crippen LogP contribution in [0.4, 0.5) is 0 Å². The number of aliphatic hydroxyl groups is 9. The van der Waals surface area contributed by atoms with E-state index in [2.05, 4.69) is 13.8 Å². The Bertz CT molecular complexity index is 595. The summed E-state index contributed by atoms with van der Waals surface area (Å²) in [4.78, 5) is 20.6. The molecule has 0 aliphatic rings. The molecule has 0 aromatic rings. The average molecular weight is 789 g/mol. The van der Waals surface area contributed by atoms with Crippen LogP contribution in [0.5, 0.6) is 0 Å². The highest BCUT2D eigenvalue weighted by atomic mass is 16.4. The van der Waals surface area contributed by atoms with Crippen LogP contribution in [0.3, 0.4) is 0 Å². The van der Waals surface area contributed by atoms with Gasteiger partial charge in [0.1, 0.15) is 18.3 Å². The number of hydrogen-bond acceptors (Lipinski definition) is 11. The topological polar surface area (TPSA) is 257 Å². The van der Waals surface area contributed by atoms with Crippen molar-refractivity contribution in [3.8, 4) is 0 Å². The lowest BCUT2D eigenvalue weighted by molar-refractivity contribution is -0.138. The van der Waals surface area contributed by atoms with Crippen molar-refractivity contribution in [3.63, 3.8) is 0 Å². The maximum absolute atomic E-state index is 10.3. The van der Waals surface area contributed by atoms with E-state index in [4.69, 9.17) is 56.2 Å². The fraction of sp³-hybridized carbons (Fsp3) is 0.951. The van der Waals surface area contributed by atoms with Gasteiger partial charge in [0.2, 0.25) is 0 Å². The van der Waals surface area contributed by atoms with E-state index >= 15 is 0 Å². The first-order valence-electron chi connectivity index (χ1n) is 21.1. The number of hydrogen-bond donors (Lipinski definition) is 11. The van der Waals surface area contributed by atoms with Crippen LogP contribution in [0.1, 0.15) is 194 Å². The average Bonchev–Trinajstić information content (AvgIpc) is 3.18. The maximum atomic E-state index is 10.3. The van der Waals surface area contributed by atoms with Gasteiger partial charge in [-0.2, -0.15) is 0 Å². The lowest BCUT2D eigenvalue weighted by atomic mass is 10.0. The summed E-state index contributed by atoms with van der Waals surface area (Å²) in [5, 5.41) is 89.0. The highest BCUT2D eigenvalue weighted by Crippen LogP contribution is 2.14. The standard InChI is InChI=1S/2C16H32O2.3C3H8O3/c2*1-2-3-4-5-6-7-8-9-10-11-12-13-14-15-16(17)18;3*4-1-3(6)2-5/h2*2-15H2,1H3,(H,17,18);3*3-6H,1-2H2. The van der Waals surface area contributed by atoms with Crippen molar-refractivity contribution in [2.24, 2.45) is 0 Å². The third-order valence-electron chi connectivity index (χ3n) is 8.25. The molecule has 0 saturated carbocycles. The van der Waals surface area contributed by atoms with Crippen LogP contribution in [0, 0.1) is 0 Å². The highest BCUT2D eigenvalue weighted by molar-refractivity contribution is 5.66. The molecule has 0 spiro atoms. The Morgan fingerprint density at radius 1 is 0.315 bits per heavy atom. The predicted molar refractivity (Wildman–Crippen MR) is 216 cm³/mol. The monoisotopic (exact) mass is 789 g/mol. The van der Waals surface area contributed by atoms with Crippen LogP contribution in [0.25, 0.3) is 0 Å². The van der Waals surface area contributed by atoms with Crippen molar-refractivity contribution < 1.29 is 65.8 Å². The molecule has 0 amide bonds. The van der Waals surface area contributed by atoms with Crippen LogP contribution in [0.2, 0.25) is 0 Å². The number of aliphatic hydroxyl groups excluding tert-OH is 9. The SMILES string of the molecule is CCCCCCCCCCCCCCCC(=O)O.CCCCCCCCCCCCCCCC(=O)O.OCC(O)CO.OCC(O)CO.OCC(O)CO. The van der Waals surface area contributed by atoms with Crippen molar-refractivity contribution in [3.05, 3.63) is 0 Å². The Labute approximate surface area is 328 Å².